The quantitative estimate of drug-likeness (QED) is 0.329. The van der Waals surface area contributed by atoms with Gasteiger partial charge in [-0.2, -0.15) is 5.10 Å². The van der Waals surface area contributed by atoms with E-state index in [9.17, 15) is 0 Å². The highest BCUT2D eigenvalue weighted by Gasteiger charge is 2.17. The number of imidazole rings is 2. The minimum Gasteiger partial charge on any atom is -0.487 e. The second-order valence-electron chi connectivity index (χ2n) is 8.91. The Hall–Kier alpha value is -5.38. The van der Waals surface area contributed by atoms with E-state index in [4.69, 9.17) is 9.72 Å². The van der Waals surface area contributed by atoms with Crippen LogP contribution in [-0.2, 0) is 6.61 Å². The van der Waals surface area contributed by atoms with Crippen molar-refractivity contribution in [1.29, 1.82) is 0 Å². The Morgan fingerprint density at radius 1 is 0.947 bits per heavy atom. The Bertz CT molecular complexity index is 1900. The first-order valence-electron chi connectivity index (χ1n) is 12.0. The van der Waals surface area contributed by atoms with Gasteiger partial charge >= 0.3 is 0 Å². The fourth-order valence-corrected chi connectivity index (χ4v) is 4.40. The predicted octanol–water partition coefficient (Wildman–Crippen LogP) is 5.03. The molecule has 0 bridgehead atoms. The molecule has 1 aromatic carbocycles. The molecule has 0 unspecified atom stereocenters. The van der Waals surface area contributed by atoms with Crippen LogP contribution in [0.3, 0.4) is 0 Å². The standard InChI is InChI=1S/C28H21N9O/c1-17-14-37(16-32-17)28-25-23(7-8-30-28)33-27(34-25)24-22-10-20(12-31-26(22)36-35-24)19-9-21(13-29-11-19)38-15-18-5-3-2-4-6-18/h2-14,16H,15H2,1H3,(H,33,34)(H,31,35,36). The molecular formula is C28H21N9O. The summed E-state index contributed by atoms with van der Waals surface area (Å²) in [6.45, 7) is 2.41. The van der Waals surface area contributed by atoms with Crippen LogP contribution in [0.4, 0.5) is 0 Å². The molecule has 6 heterocycles. The van der Waals surface area contributed by atoms with Crippen LogP contribution in [0.5, 0.6) is 5.75 Å². The normalized spacial score (nSPS) is 11.4. The molecule has 10 heteroatoms. The van der Waals surface area contributed by atoms with Gasteiger partial charge < -0.3 is 9.72 Å². The number of H-pyrrole nitrogens is 2. The summed E-state index contributed by atoms with van der Waals surface area (Å²) < 4.78 is 7.84. The van der Waals surface area contributed by atoms with E-state index in [1.54, 1.807) is 31.1 Å². The third-order valence-electron chi connectivity index (χ3n) is 6.27. The predicted molar refractivity (Wildman–Crippen MR) is 143 cm³/mol. The second-order valence-corrected chi connectivity index (χ2v) is 8.91. The van der Waals surface area contributed by atoms with Gasteiger partial charge in [-0.1, -0.05) is 30.3 Å². The van der Waals surface area contributed by atoms with E-state index >= 15 is 0 Å². The number of hydrogen-bond donors (Lipinski definition) is 2. The lowest BCUT2D eigenvalue weighted by Crippen LogP contribution is -1.96. The zero-order valence-corrected chi connectivity index (χ0v) is 20.3. The van der Waals surface area contributed by atoms with Crippen molar-refractivity contribution in [3.05, 3.63) is 97.1 Å². The van der Waals surface area contributed by atoms with Gasteiger partial charge in [-0.3, -0.25) is 14.6 Å². The lowest BCUT2D eigenvalue weighted by atomic mass is 10.1. The number of nitrogens with zero attached hydrogens (tertiary/aromatic N) is 7. The highest BCUT2D eigenvalue weighted by molar-refractivity contribution is 5.94. The maximum Gasteiger partial charge on any atom is 0.166 e. The molecule has 6 aromatic heterocycles. The molecule has 0 atom stereocenters. The van der Waals surface area contributed by atoms with Gasteiger partial charge in [0.05, 0.1) is 22.8 Å². The van der Waals surface area contributed by atoms with Crippen LogP contribution >= 0.6 is 0 Å². The molecule has 0 aliphatic rings. The summed E-state index contributed by atoms with van der Waals surface area (Å²) in [6, 6.07) is 15.9. The van der Waals surface area contributed by atoms with Gasteiger partial charge in [-0.05, 0) is 30.7 Å². The van der Waals surface area contributed by atoms with Gasteiger partial charge in [0, 0.05) is 35.9 Å². The molecule has 0 spiro atoms. The Balaban J connectivity index is 1.24. The Kier molecular flexibility index (Phi) is 5.14. The van der Waals surface area contributed by atoms with E-state index in [-0.39, 0.29) is 0 Å². The number of aryl methyl sites for hydroxylation is 1. The molecule has 0 saturated heterocycles. The van der Waals surface area contributed by atoms with Gasteiger partial charge in [0.2, 0.25) is 0 Å². The largest absolute Gasteiger partial charge is 0.487 e. The first-order chi connectivity index (χ1) is 18.7. The highest BCUT2D eigenvalue weighted by atomic mass is 16.5. The van der Waals surface area contributed by atoms with Crippen LogP contribution in [0.1, 0.15) is 11.3 Å². The molecule has 184 valence electrons. The fraction of sp³-hybridized carbons (Fsp3) is 0.0714. The zero-order valence-electron chi connectivity index (χ0n) is 20.3. The monoisotopic (exact) mass is 499 g/mol. The van der Waals surface area contributed by atoms with Crippen molar-refractivity contribution in [2.24, 2.45) is 0 Å². The fourth-order valence-electron chi connectivity index (χ4n) is 4.40. The molecule has 7 aromatic rings. The van der Waals surface area contributed by atoms with Gasteiger partial charge in [0.15, 0.2) is 17.3 Å². The molecule has 10 nitrogen and oxygen atoms in total. The molecule has 0 aliphatic heterocycles. The summed E-state index contributed by atoms with van der Waals surface area (Å²) in [6.07, 6.45) is 10.7. The highest BCUT2D eigenvalue weighted by Crippen LogP contribution is 2.31. The molecule has 7 rings (SSSR count). The molecular weight excluding hydrogens is 478 g/mol. The van der Waals surface area contributed by atoms with Gasteiger partial charge in [-0.25, -0.2) is 19.9 Å². The van der Waals surface area contributed by atoms with E-state index in [1.807, 2.05) is 66.2 Å². The van der Waals surface area contributed by atoms with Crippen molar-refractivity contribution >= 4 is 22.1 Å². The van der Waals surface area contributed by atoms with Crippen LogP contribution in [-0.4, -0.2) is 44.7 Å². The van der Waals surface area contributed by atoms with Crippen LogP contribution in [0.25, 0.3) is 50.5 Å². The second kappa shape index (κ2) is 8.93. The third kappa shape index (κ3) is 3.94. The molecule has 0 amide bonds. The average molecular weight is 500 g/mol. The number of ether oxygens (including phenoxy) is 1. The summed E-state index contributed by atoms with van der Waals surface area (Å²) in [5.41, 5.74) is 6.70. The summed E-state index contributed by atoms with van der Waals surface area (Å²) in [7, 11) is 0. The number of aromatic amines is 2. The van der Waals surface area contributed by atoms with Gasteiger partial charge in [0.25, 0.3) is 0 Å². The minimum atomic E-state index is 0.469. The van der Waals surface area contributed by atoms with E-state index in [1.165, 1.54) is 0 Å². The number of benzene rings is 1. The number of nitrogens with one attached hydrogen (secondary N) is 2. The molecule has 0 saturated carbocycles. The smallest absolute Gasteiger partial charge is 0.166 e. The van der Waals surface area contributed by atoms with E-state index < -0.39 is 0 Å². The van der Waals surface area contributed by atoms with Crippen molar-refractivity contribution in [2.45, 2.75) is 13.5 Å². The maximum absolute atomic E-state index is 5.97. The summed E-state index contributed by atoms with van der Waals surface area (Å²) in [5, 5.41) is 8.38. The SMILES string of the molecule is Cc1cn(-c2nccc3[nH]c(-c4n[nH]c5ncc(-c6cncc(OCc7ccccc7)c6)cc45)nc23)cn1. The Morgan fingerprint density at radius 3 is 2.71 bits per heavy atom. The first kappa shape index (κ1) is 21.9. The van der Waals surface area contributed by atoms with Gasteiger partial charge in [0.1, 0.15) is 29.9 Å². The zero-order chi connectivity index (χ0) is 25.5. The maximum atomic E-state index is 5.97. The Morgan fingerprint density at radius 2 is 1.84 bits per heavy atom. The van der Waals surface area contributed by atoms with Crippen molar-refractivity contribution in [2.75, 3.05) is 0 Å². The lowest BCUT2D eigenvalue weighted by Gasteiger charge is -2.08. The number of fused-ring (bicyclic) bond motifs is 2. The number of aromatic nitrogens is 9. The van der Waals surface area contributed by atoms with Crippen molar-refractivity contribution < 1.29 is 4.74 Å². The Labute approximate surface area is 216 Å². The molecule has 2 N–H and O–H groups in total. The third-order valence-corrected chi connectivity index (χ3v) is 6.27. The summed E-state index contributed by atoms with van der Waals surface area (Å²) in [4.78, 5) is 26.0. The lowest BCUT2D eigenvalue weighted by molar-refractivity contribution is 0.305. The van der Waals surface area contributed by atoms with E-state index in [0.29, 0.717) is 35.3 Å². The van der Waals surface area contributed by atoms with E-state index in [2.05, 4.69) is 35.1 Å². The van der Waals surface area contributed by atoms with Crippen molar-refractivity contribution in [1.82, 2.24) is 44.7 Å². The molecule has 38 heavy (non-hydrogen) atoms. The van der Waals surface area contributed by atoms with Gasteiger partial charge in [-0.15, -0.1) is 0 Å². The van der Waals surface area contributed by atoms with Crippen molar-refractivity contribution in [3.63, 3.8) is 0 Å². The molecule has 0 fully saturated rings. The van der Waals surface area contributed by atoms with Crippen LogP contribution < -0.4 is 4.74 Å². The molecule has 0 aliphatic carbocycles. The minimum absolute atomic E-state index is 0.469. The van der Waals surface area contributed by atoms with Crippen molar-refractivity contribution in [3.8, 4) is 34.2 Å². The van der Waals surface area contributed by atoms with Crippen LogP contribution in [0.15, 0.2) is 85.8 Å². The number of hydrogen-bond acceptors (Lipinski definition) is 7. The van der Waals surface area contributed by atoms with Crippen LogP contribution in [0, 0.1) is 6.92 Å². The van der Waals surface area contributed by atoms with E-state index in [0.717, 1.165) is 38.8 Å². The topological polar surface area (TPSA) is 123 Å². The average Bonchev–Trinajstić information content (AvgIpc) is 3.70. The number of rotatable bonds is 6. The molecule has 0 radical (unpaired) electrons. The first-order valence-corrected chi connectivity index (χ1v) is 12.0. The summed E-state index contributed by atoms with van der Waals surface area (Å²) in [5.74, 6) is 2.00. The summed E-state index contributed by atoms with van der Waals surface area (Å²) >= 11 is 0. The number of pyridine rings is 3. The van der Waals surface area contributed by atoms with Crippen LogP contribution in [0.2, 0.25) is 0 Å².